The number of benzene rings is 1. The number of rotatable bonds is 10. The number of amides is 3. The van der Waals surface area contributed by atoms with Crippen LogP contribution in [0.2, 0.25) is 0 Å². The van der Waals surface area contributed by atoms with Crippen molar-refractivity contribution in [3.8, 4) is 0 Å². The van der Waals surface area contributed by atoms with Gasteiger partial charge in [0.05, 0.1) is 18.9 Å². The van der Waals surface area contributed by atoms with E-state index < -0.39 is 23.7 Å². The van der Waals surface area contributed by atoms with Crippen molar-refractivity contribution in [3.05, 3.63) is 46.2 Å². The summed E-state index contributed by atoms with van der Waals surface area (Å²) in [6.07, 6.45) is 5.52. The van der Waals surface area contributed by atoms with Crippen LogP contribution in [0.5, 0.6) is 0 Å². The number of nitrogen functional groups attached to an aromatic ring is 1. The van der Waals surface area contributed by atoms with E-state index in [2.05, 4.69) is 14.6 Å². The zero-order valence-electron chi connectivity index (χ0n) is 21.4. The zero-order valence-corrected chi connectivity index (χ0v) is 22.2. The third-order valence-corrected chi connectivity index (χ3v) is 7.94. The molecule has 2 heterocycles. The van der Waals surface area contributed by atoms with Crippen LogP contribution < -0.4 is 16.8 Å². The van der Waals surface area contributed by atoms with Gasteiger partial charge in [0.2, 0.25) is 5.91 Å². The van der Waals surface area contributed by atoms with Crippen LogP contribution in [0.4, 0.5) is 10.1 Å². The summed E-state index contributed by atoms with van der Waals surface area (Å²) in [5.74, 6) is -2.13. The highest BCUT2D eigenvalue weighted by Gasteiger charge is 2.35. The van der Waals surface area contributed by atoms with Crippen molar-refractivity contribution < 1.29 is 23.5 Å². The highest BCUT2D eigenvalue weighted by molar-refractivity contribution is 7.09. The van der Waals surface area contributed by atoms with Crippen LogP contribution in [-0.4, -0.2) is 77.3 Å². The third-order valence-electron chi connectivity index (χ3n) is 7.09. The Hall–Kier alpha value is -3.09. The van der Waals surface area contributed by atoms with Crippen molar-refractivity contribution in [1.82, 2.24) is 19.5 Å². The molecule has 4 rings (SSSR count). The Morgan fingerprint density at radius 2 is 1.84 bits per heavy atom. The number of carbonyl (C=O) groups excluding carboxylic acids is 3. The van der Waals surface area contributed by atoms with Crippen LogP contribution in [-0.2, 0) is 9.53 Å². The third kappa shape index (κ3) is 6.86. The molecule has 2 aliphatic rings. The summed E-state index contributed by atoms with van der Waals surface area (Å²) < 4.78 is 23.2. The topological polar surface area (TPSA) is 144 Å². The Morgan fingerprint density at radius 3 is 2.47 bits per heavy atom. The number of hydrogen-bond acceptors (Lipinski definition) is 8. The summed E-state index contributed by atoms with van der Waals surface area (Å²) >= 11 is 0.779. The summed E-state index contributed by atoms with van der Waals surface area (Å²) in [5, 5.41) is 3.13. The van der Waals surface area contributed by atoms with Gasteiger partial charge in [0.15, 0.2) is 5.69 Å². The molecule has 12 heteroatoms. The molecule has 0 bridgehead atoms. The molecule has 1 aliphatic carbocycles. The van der Waals surface area contributed by atoms with Crippen molar-refractivity contribution >= 4 is 34.9 Å². The SMILES string of the molecule is NC(=O)c1nsc(C(=O)N(CCCN2CCOCC2)C(C(=O)NC2CCCCC2)c2ccc(F)cc2)c1N. The van der Waals surface area contributed by atoms with Crippen molar-refractivity contribution in [2.75, 3.05) is 45.1 Å². The van der Waals surface area contributed by atoms with Gasteiger partial charge >= 0.3 is 0 Å². The molecule has 3 amide bonds. The standard InChI is InChI=1S/C26H35FN6O4S/c27-18-9-7-17(8-10-18)22(25(35)30-19-5-2-1-3-6-19)33(12-4-11-32-13-15-37-16-14-32)26(36)23-20(28)21(24(29)34)31-38-23/h7-10,19,22H,1-6,11-16,28H2,(H2,29,34)(H,30,35). The van der Waals surface area contributed by atoms with Crippen molar-refractivity contribution in [2.24, 2.45) is 5.73 Å². The number of halogens is 1. The highest BCUT2D eigenvalue weighted by atomic mass is 32.1. The molecule has 1 unspecified atom stereocenters. The van der Waals surface area contributed by atoms with E-state index in [1.807, 2.05) is 0 Å². The second-order valence-corrected chi connectivity index (χ2v) is 10.5. The molecule has 1 aromatic carbocycles. The quantitative estimate of drug-likeness (QED) is 0.415. The molecule has 0 spiro atoms. The normalized spacial score (nSPS) is 17.6. The number of carbonyl (C=O) groups is 3. The van der Waals surface area contributed by atoms with Gasteiger partial charge < -0.3 is 26.4 Å². The molecular weight excluding hydrogens is 511 g/mol. The molecule has 2 fully saturated rings. The maximum Gasteiger partial charge on any atom is 0.270 e. The van der Waals surface area contributed by atoms with E-state index >= 15 is 0 Å². The van der Waals surface area contributed by atoms with E-state index in [0.717, 1.165) is 56.7 Å². The molecule has 10 nitrogen and oxygen atoms in total. The molecule has 5 N–H and O–H groups in total. The van der Waals surface area contributed by atoms with Gasteiger partial charge in [-0.05, 0) is 48.5 Å². The average Bonchev–Trinajstić information content (AvgIpc) is 3.31. The van der Waals surface area contributed by atoms with Crippen LogP contribution in [0, 0.1) is 5.82 Å². The Labute approximate surface area is 225 Å². The fraction of sp³-hybridized carbons (Fsp3) is 0.538. The number of morpholine rings is 1. The Bertz CT molecular complexity index is 1120. The van der Waals surface area contributed by atoms with Crippen LogP contribution in [0.25, 0.3) is 0 Å². The number of nitrogens with zero attached hydrogens (tertiary/aromatic N) is 3. The van der Waals surface area contributed by atoms with E-state index in [9.17, 15) is 18.8 Å². The summed E-state index contributed by atoms with van der Waals surface area (Å²) in [5.41, 5.74) is 11.7. The summed E-state index contributed by atoms with van der Waals surface area (Å²) in [6, 6.07) is 4.59. The van der Waals surface area contributed by atoms with E-state index in [4.69, 9.17) is 16.2 Å². The number of nitrogens with two attached hydrogens (primary N) is 2. The average molecular weight is 547 g/mol. The first-order chi connectivity index (χ1) is 18.3. The first kappa shape index (κ1) is 27.9. The molecule has 1 aromatic heterocycles. The second-order valence-electron chi connectivity index (χ2n) is 9.74. The summed E-state index contributed by atoms with van der Waals surface area (Å²) in [6.45, 7) is 3.83. The fourth-order valence-electron chi connectivity index (χ4n) is 5.04. The Morgan fingerprint density at radius 1 is 1.16 bits per heavy atom. The van der Waals surface area contributed by atoms with E-state index in [1.165, 1.54) is 29.2 Å². The minimum absolute atomic E-state index is 0.0134. The predicted molar refractivity (Wildman–Crippen MR) is 142 cm³/mol. The minimum Gasteiger partial charge on any atom is -0.395 e. The number of hydrogen-bond donors (Lipinski definition) is 3. The van der Waals surface area contributed by atoms with Gasteiger partial charge in [-0.1, -0.05) is 31.4 Å². The molecule has 206 valence electrons. The van der Waals surface area contributed by atoms with Crippen LogP contribution in [0.15, 0.2) is 24.3 Å². The lowest BCUT2D eigenvalue weighted by Gasteiger charge is -2.34. The summed E-state index contributed by atoms with van der Waals surface area (Å²) in [4.78, 5) is 43.2. The smallest absolute Gasteiger partial charge is 0.270 e. The lowest BCUT2D eigenvalue weighted by Crippen LogP contribution is -2.48. The maximum absolute atomic E-state index is 13.9. The number of anilines is 1. The lowest BCUT2D eigenvalue weighted by molar-refractivity contribution is -0.127. The fourth-order valence-corrected chi connectivity index (χ4v) is 5.80. The van der Waals surface area contributed by atoms with Crippen molar-refractivity contribution in [1.29, 1.82) is 0 Å². The first-order valence-electron chi connectivity index (χ1n) is 13.1. The van der Waals surface area contributed by atoms with Crippen LogP contribution in [0.3, 0.4) is 0 Å². The van der Waals surface area contributed by atoms with E-state index in [1.54, 1.807) is 0 Å². The minimum atomic E-state index is -1.02. The largest absolute Gasteiger partial charge is 0.395 e. The number of aromatic nitrogens is 1. The summed E-state index contributed by atoms with van der Waals surface area (Å²) in [7, 11) is 0. The second kappa shape index (κ2) is 13.1. The molecule has 0 radical (unpaired) electrons. The maximum atomic E-state index is 13.9. The zero-order chi connectivity index (χ0) is 27.1. The molecule has 2 aromatic rings. The van der Waals surface area contributed by atoms with E-state index in [-0.39, 0.29) is 34.8 Å². The molecule has 1 saturated carbocycles. The Kier molecular flexibility index (Phi) is 9.64. The first-order valence-corrected chi connectivity index (χ1v) is 13.8. The molecule has 1 aliphatic heterocycles. The van der Waals surface area contributed by atoms with Gasteiger partial charge in [-0.2, -0.15) is 4.37 Å². The van der Waals surface area contributed by atoms with Gasteiger partial charge in [-0.3, -0.25) is 19.3 Å². The van der Waals surface area contributed by atoms with E-state index in [0.29, 0.717) is 31.7 Å². The van der Waals surface area contributed by atoms with Gasteiger partial charge in [-0.15, -0.1) is 0 Å². The monoisotopic (exact) mass is 546 g/mol. The van der Waals surface area contributed by atoms with Gasteiger partial charge in [0.1, 0.15) is 16.7 Å². The molecule has 38 heavy (non-hydrogen) atoms. The van der Waals surface area contributed by atoms with Gasteiger partial charge in [-0.25, -0.2) is 4.39 Å². The molecule has 1 saturated heterocycles. The molecular formula is C26H35FN6O4S. The Balaban J connectivity index is 1.65. The van der Waals surface area contributed by atoms with Gasteiger partial charge in [0.25, 0.3) is 11.8 Å². The van der Waals surface area contributed by atoms with Gasteiger partial charge in [0, 0.05) is 32.2 Å². The highest BCUT2D eigenvalue weighted by Crippen LogP contribution is 2.30. The van der Waals surface area contributed by atoms with Crippen LogP contribution >= 0.6 is 11.5 Å². The number of nitrogens with one attached hydrogen (secondary N) is 1. The molecule has 1 atom stereocenters. The van der Waals surface area contributed by atoms with Crippen molar-refractivity contribution in [3.63, 3.8) is 0 Å². The van der Waals surface area contributed by atoms with Crippen LogP contribution in [0.1, 0.15) is 70.3 Å². The lowest BCUT2D eigenvalue weighted by atomic mass is 9.94. The number of ether oxygens (including phenoxy) is 1. The predicted octanol–water partition coefficient (Wildman–Crippen LogP) is 2.32. The van der Waals surface area contributed by atoms with Crippen molar-refractivity contribution in [2.45, 2.75) is 50.6 Å². The number of primary amides is 1.